The first-order valence-electron chi connectivity index (χ1n) is 11.2. The molecule has 4 N–H and O–H groups in total. The second-order valence-electron chi connectivity index (χ2n) is 8.07. The predicted molar refractivity (Wildman–Crippen MR) is 127 cm³/mol. The summed E-state index contributed by atoms with van der Waals surface area (Å²) in [6, 6.07) is 5.61. The van der Waals surface area contributed by atoms with Crippen molar-refractivity contribution in [1.82, 2.24) is 14.9 Å². The highest BCUT2D eigenvalue weighted by atomic mass is 16.5. The van der Waals surface area contributed by atoms with Crippen LogP contribution in [0.2, 0.25) is 0 Å². The molecule has 0 aromatic carbocycles. The quantitative estimate of drug-likeness (QED) is 0.572. The number of nitrogens with one attached hydrogen (secondary N) is 2. The van der Waals surface area contributed by atoms with E-state index < -0.39 is 0 Å². The van der Waals surface area contributed by atoms with Gasteiger partial charge in [-0.15, -0.1) is 0 Å². The van der Waals surface area contributed by atoms with Gasteiger partial charge in [-0.1, -0.05) is 6.08 Å². The molecule has 0 radical (unpaired) electrons. The lowest BCUT2D eigenvalue weighted by Gasteiger charge is -2.25. The van der Waals surface area contributed by atoms with E-state index in [2.05, 4.69) is 15.3 Å². The topological polar surface area (TPSA) is 113 Å². The molecule has 1 saturated carbocycles. The van der Waals surface area contributed by atoms with Crippen LogP contribution in [-0.4, -0.2) is 54.1 Å². The summed E-state index contributed by atoms with van der Waals surface area (Å²) in [5.41, 5.74) is 7.67. The molecule has 1 aliphatic heterocycles. The maximum atomic E-state index is 11.8. The first-order chi connectivity index (χ1) is 15.6. The minimum atomic E-state index is -0.0876. The molecular formula is C24H33N5O3. The molecule has 2 aromatic heterocycles. The Balaban J connectivity index is 0.000000207. The van der Waals surface area contributed by atoms with Gasteiger partial charge in [0.15, 0.2) is 0 Å². The van der Waals surface area contributed by atoms with Gasteiger partial charge in [-0.25, -0.2) is 4.98 Å². The fraction of sp³-hybridized carbons (Fsp3) is 0.458. The summed E-state index contributed by atoms with van der Waals surface area (Å²) in [5, 5.41) is 3.22. The van der Waals surface area contributed by atoms with E-state index in [0.29, 0.717) is 18.1 Å². The maximum Gasteiger partial charge on any atom is 0.271 e. The van der Waals surface area contributed by atoms with Crippen LogP contribution in [0.15, 0.2) is 47.5 Å². The number of amides is 1. The molecule has 32 heavy (non-hydrogen) atoms. The van der Waals surface area contributed by atoms with E-state index in [-0.39, 0.29) is 11.5 Å². The number of nitrogens with two attached hydrogens (primary N) is 1. The van der Waals surface area contributed by atoms with Crippen LogP contribution >= 0.6 is 0 Å². The van der Waals surface area contributed by atoms with Crippen molar-refractivity contribution < 1.29 is 9.53 Å². The van der Waals surface area contributed by atoms with Crippen LogP contribution < -0.4 is 21.3 Å². The number of rotatable bonds is 7. The number of carbonyl (C=O) groups excluding carboxylic acids is 1. The van der Waals surface area contributed by atoms with Gasteiger partial charge in [0.05, 0.1) is 7.11 Å². The number of hydrogen-bond donors (Lipinski definition) is 3. The van der Waals surface area contributed by atoms with Crippen molar-refractivity contribution in [2.24, 2.45) is 11.7 Å². The number of anilines is 1. The number of methoxy groups -OCH3 is 1. The summed E-state index contributed by atoms with van der Waals surface area (Å²) < 4.78 is 5.12. The molecule has 4 rings (SSSR count). The predicted octanol–water partition coefficient (Wildman–Crippen LogP) is 2.78. The molecule has 0 unspecified atom stereocenters. The Hall–Kier alpha value is -3.13. The molecule has 3 heterocycles. The van der Waals surface area contributed by atoms with E-state index in [1.807, 2.05) is 23.1 Å². The third-order valence-electron chi connectivity index (χ3n) is 5.52. The van der Waals surface area contributed by atoms with E-state index in [1.54, 1.807) is 31.7 Å². The zero-order valence-corrected chi connectivity index (χ0v) is 18.7. The SMILES string of the molecule is COc1cc(-c2c[nH]c(=O)c(NCC3CC3)c2)ccn1.NC/C=C/C(=O)N1CCCCC1. The van der Waals surface area contributed by atoms with E-state index in [9.17, 15) is 9.59 Å². The summed E-state index contributed by atoms with van der Waals surface area (Å²) in [4.78, 5) is 31.9. The number of aromatic amines is 1. The number of pyridine rings is 2. The molecule has 1 aliphatic carbocycles. The Morgan fingerprint density at radius 3 is 2.75 bits per heavy atom. The third kappa shape index (κ3) is 7.23. The number of H-pyrrole nitrogens is 1. The van der Waals surface area contributed by atoms with Crippen LogP contribution in [0, 0.1) is 5.92 Å². The van der Waals surface area contributed by atoms with Crippen molar-refractivity contribution in [1.29, 1.82) is 0 Å². The second kappa shape index (κ2) is 12.0. The van der Waals surface area contributed by atoms with E-state index >= 15 is 0 Å². The van der Waals surface area contributed by atoms with Gasteiger partial charge < -0.3 is 25.7 Å². The van der Waals surface area contributed by atoms with Gasteiger partial charge in [-0.3, -0.25) is 9.59 Å². The lowest BCUT2D eigenvalue weighted by molar-refractivity contribution is -0.126. The number of carbonyl (C=O) groups is 1. The Labute approximate surface area is 188 Å². The Morgan fingerprint density at radius 1 is 1.28 bits per heavy atom. The molecule has 0 spiro atoms. The van der Waals surface area contributed by atoms with E-state index in [1.165, 1.54) is 19.3 Å². The molecule has 1 amide bonds. The van der Waals surface area contributed by atoms with Crippen LogP contribution in [0.1, 0.15) is 32.1 Å². The fourth-order valence-corrected chi connectivity index (χ4v) is 3.45. The van der Waals surface area contributed by atoms with Crippen molar-refractivity contribution in [2.45, 2.75) is 32.1 Å². The molecule has 0 atom stereocenters. The zero-order valence-electron chi connectivity index (χ0n) is 18.7. The molecule has 1 saturated heterocycles. The maximum absolute atomic E-state index is 11.8. The lowest BCUT2D eigenvalue weighted by Crippen LogP contribution is -2.34. The minimum absolute atomic E-state index is 0.0876. The first-order valence-corrected chi connectivity index (χ1v) is 11.2. The Kier molecular flexibility index (Phi) is 8.86. The van der Waals surface area contributed by atoms with Gasteiger partial charge in [0, 0.05) is 56.3 Å². The van der Waals surface area contributed by atoms with Gasteiger partial charge >= 0.3 is 0 Å². The highest BCUT2D eigenvalue weighted by Gasteiger charge is 2.21. The van der Waals surface area contributed by atoms with Crippen molar-refractivity contribution in [3.63, 3.8) is 0 Å². The molecule has 8 nitrogen and oxygen atoms in total. The van der Waals surface area contributed by atoms with Crippen LogP contribution in [0.4, 0.5) is 5.69 Å². The smallest absolute Gasteiger partial charge is 0.271 e. The van der Waals surface area contributed by atoms with Crippen molar-refractivity contribution in [3.05, 3.63) is 53.1 Å². The average molecular weight is 440 g/mol. The van der Waals surface area contributed by atoms with E-state index in [4.69, 9.17) is 10.5 Å². The van der Waals surface area contributed by atoms with Gasteiger partial charge in [0.1, 0.15) is 5.69 Å². The molecule has 8 heteroatoms. The number of aromatic nitrogens is 2. The summed E-state index contributed by atoms with van der Waals surface area (Å²) in [7, 11) is 1.58. The average Bonchev–Trinajstić information content (AvgIpc) is 3.67. The number of nitrogens with zero attached hydrogens (tertiary/aromatic N) is 2. The number of likely N-dealkylation sites (tertiary alicyclic amines) is 1. The number of hydrogen-bond acceptors (Lipinski definition) is 6. The second-order valence-corrected chi connectivity index (χ2v) is 8.07. The Bertz CT molecular complexity index is 962. The molecule has 172 valence electrons. The van der Waals surface area contributed by atoms with Crippen molar-refractivity contribution in [3.8, 4) is 17.0 Å². The van der Waals surface area contributed by atoms with Crippen LogP contribution in [0.3, 0.4) is 0 Å². The minimum Gasteiger partial charge on any atom is -0.481 e. The normalized spacial score (nSPS) is 15.8. The van der Waals surface area contributed by atoms with Crippen molar-refractivity contribution >= 4 is 11.6 Å². The molecular weight excluding hydrogens is 406 g/mol. The highest BCUT2D eigenvalue weighted by Crippen LogP contribution is 2.29. The van der Waals surface area contributed by atoms with Crippen LogP contribution in [0.5, 0.6) is 5.88 Å². The first kappa shape index (κ1) is 23.5. The summed E-state index contributed by atoms with van der Waals surface area (Å²) >= 11 is 0. The standard InChI is InChI=1S/C15H17N3O2.C9H16N2O/c1-20-14-7-11(4-5-16-14)12-6-13(15(19)18-9-12)17-8-10-2-3-10;10-6-4-5-9(12)11-7-2-1-3-8-11/h4-7,9-10,17H,2-3,8H2,1H3,(H,18,19);4-5H,1-3,6-8,10H2/b;5-4+. The van der Waals surface area contributed by atoms with Gasteiger partial charge in [-0.2, -0.15) is 0 Å². The van der Waals surface area contributed by atoms with Gasteiger partial charge in [0.2, 0.25) is 11.8 Å². The molecule has 2 aromatic rings. The third-order valence-corrected chi connectivity index (χ3v) is 5.52. The fourth-order valence-electron chi connectivity index (χ4n) is 3.45. The van der Waals surface area contributed by atoms with E-state index in [0.717, 1.165) is 49.5 Å². The van der Waals surface area contributed by atoms with Crippen molar-refractivity contribution in [2.75, 3.05) is 38.6 Å². The summed E-state index contributed by atoms with van der Waals surface area (Å²) in [6.07, 6.45) is 12.7. The monoisotopic (exact) mass is 439 g/mol. The summed E-state index contributed by atoms with van der Waals surface area (Å²) in [5.74, 6) is 1.39. The molecule has 0 bridgehead atoms. The highest BCUT2D eigenvalue weighted by molar-refractivity contribution is 5.87. The number of piperidine rings is 1. The molecule has 2 aliphatic rings. The van der Waals surface area contributed by atoms with Crippen LogP contribution in [0.25, 0.3) is 11.1 Å². The van der Waals surface area contributed by atoms with Gasteiger partial charge in [0.25, 0.3) is 5.56 Å². The van der Waals surface area contributed by atoms with Gasteiger partial charge in [-0.05, 0) is 55.7 Å². The Morgan fingerprint density at radius 2 is 2.06 bits per heavy atom. The lowest BCUT2D eigenvalue weighted by atomic mass is 10.1. The largest absolute Gasteiger partial charge is 0.481 e. The number of ether oxygens (including phenoxy) is 1. The molecule has 2 fully saturated rings. The van der Waals surface area contributed by atoms with Crippen LogP contribution in [-0.2, 0) is 4.79 Å². The summed E-state index contributed by atoms with van der Waals surface area (Å²) in [6.45, 7) is 3.13. The zero-order chi connectivity index (χ0) is 22.8.